The average Bonchev–Trinajstić information content (AvgIpc) is 2.46. The number of anilines is 1. The van der Waals surface area contributed by atoms with Gasteiger partial charge in [-0.2, -0.15) is 0 Å². The number of nitrogens with one attached hydrogen (secondary N) is 1. The van der Waals surface area contributed by atoms with E-state index in [4.69, 9.17) is 27.9 Å². The summed E-state index contributed by atoms with van der Waals surface area (Å²) in [5, 5.41) is 4.35. The van der Waals surface area contributed by atoms with Gasteiger partial charge in [-0.05, 0) is 30.3 Å². The lowest BCUT2D eigenvalue weighted by Crippen LogP contribution is -2.14. The number of carbonyl (C=O) groups excluding carboxylic acids is 1. The number of benzene rings is 1. The Bertz CT molecular complexity index is 653. The molecule has 110 valence electrons. The van der Waals surface area contributed by atoms with Crippen LogP contribution >= 0.6 is 35.0 Å². The third-order valence-electron chi connectivity index (χ3n) is 2.50. The third-order valence-corrected chi connectivity index (χ3v) is 4.22. The highest BCUT2D eigenvalue weighted by Gasteiger charge is 2.08. The number of ether oxygens (including phenoxy) is 1. The van der Waals surface area contributed by atoms with Crippen LogP contribution in [0.1, 0.15) is 0 Å². The Labute approximate surface area is 136 Å². The van der Waals surface area contributed by atoms with E-state index in [2.05, 4.69) is 10.3 Å². The molecule has 0 atom stereocenters. The van der Waals surface area contributed by atoms with Gasteiger partial charge in [0.2, 0.25) is 5.91 Å². The summed E-state index contributed by atoms with van der Waals surface area (Å²) in [6.45, 7) is 0. The third kappa shape index (κ3) is 4.52. The number of carbonyl (C=O) groups is 1. The molecule has 0 spiro atoms. The number of hydrogen-bond donors (Lipinski definition) is 1. The predicted octanol–water partition coefficient (Wildman–Crippen LogP) is 4.13. The van der Waals surface area contributed by atoms with Crippen LogP contribution in [0.2, 0.25) is 10.0 Å². The summed E-state index contributed by atoms with van der Waals surface area (Å²) in [4.78, 5) is 16.0. The molecule has 1 N–H and O–H groups in total. The second-order valence-corrected chi connectivity index (χ2v) is 5.76. The molecule has 0 saturated heterocycles. The molecule has 1 amide bonds. The fourth-order valence-electron chi connectivity index (χ4n) is 1.55. The number of hydrogen-bond acceptors (Lipinski definition) is 4. The van der Waals surface area contributed by atoms with Gasteiger partial charge in [0.1, 0.15) is 10.8 Å². The van der Waals surface area contributed by atoms with Crippen LogP contribution in [0.3, 0.4) is 0 Å². The standard InChI is InChI=1S/C14H12Cl2N2O2S/c1-20-12-5-4-9(7-11(12)16)18-13(19)8-21-14-10(15)3-2-6-17-14/h2-7H,8H2,1H3,(H,18,19). The largest absolute Gasteiger partial charge is 0.495 e. The molecule has 0 fully saturated rings. The highest BCUT2D eigenvalue weighted by atomic mass is 35.5. The van der Waals surface area contributed by atoms with E-state index in [-0.39, 0.29) is 11.7 Å². The van der Waals surface area contributed by atoms with Crippen LogP contribution in [0.15, 0.2) is 41.6 Å². The van der Waals surface area contributed by atoms with E-state index in [0.29, 0.717) is 26.5 Å². The number of rotatable bonds is 5. The molecule has 0 bridgehead atoms. The van der Waals surface area contributed by atoms with Crippen LogP contribution < -0.4 is 10.1 Å². The van der Waals surface area contributed by atoms with Gasteiger partial charge in [-0.25, -0.2) is 4.98 Å². The summed E-state index contributed by atoms with van der Waals surface area (Å²) in [5.74, 6) is 0.604. The van der Waals surface area contributed by atoms with Gasteiger partial charge in [0.15, 0.2) is 0 Å². The van der Waals surface area contributed by atoms with Crippen molar-refractivity contribution in [3.05, 3.63) is 46.6 Å². The summed E-state index contributed by atoms with van der Waals surface area (Å²) >= 11 is 13.2. The number of aromatic nitrogens is 1. The minimum atomic E-state index is -0.164. The molecular formula is C14H12Cl2N2O2S. The Morgan fingerprint density at radius 3 is 2.81 bits per heavy atom. The van der Waals surface area contributed by atoms with E-state index in [0.717, 1.165) is 0 Å². The Morgan fingerprint density at radius 2 is 2.14 bits per heavy atom. The number of thioether (sulfide) groups is 1. The first-order valence-corrected chi connectivity index (χ1v) is 7.71. The van der Waals surface area contributed by atoms with Crippen molar-refractivity contribution in [3.8, 4) is 5.75 Å². The van der Waals surface area contributed by atoms with Gasteiger partial charge in [0.05, 0.1) is 22.9 Å². The molecule has 0 radical (unpaired) electrons. The molecule has 4 nitrogen and oxygen atoms in total. The van der Waals surface area contributed by atoms with Gasteiger partial charge >= 0.3 is 0 Å². The molecular weight excluding hydrogens is 331 g/mol. The van der Waals surface area contributed by atoms with Crippen molar-refractivity contribution >= 4 is 46.6 Å². The zero-order valence-corrected chi connectivity index (χ0v) is 13.4. The van der Waals surface area contributed by atoms with Gasteiger partial charge in [0.25, 0.3) is 0 Å². The highest BCUT2D eigenvalue weighted by molar-refractivity contribution is 8.00. The topological polar surface area (TPSA) is 51.2 Å². The molecule has 0 saturated carbocycles. The fraction of sp³-hybridized carbons (Fsp3) is 0.143. The summed E-state index contributed by atoms with van der Waals surface area (Å²) in [5.41, 5.74) is 0.610. The average molecular weight is 343 g/mol. The van der Waals surface area contributed by atoms with Crippen molar-refractivity contribution in [1.82, 2.24) is 4.98 Å². The van der Waals surface area contributed by atoms with E-state index < -0.39 is 0 Å². The lowest BCUT2D eigenvalue weighted by molar-refractivity contribution is -0.113. The molecule has 1 aromatic carbocycles. The number of methoxy groups -OCH3 is 1. The Hall–Kier alpha value is -1.43. The van der Waals surface area contributed by atoms with E-state index in [1.165, 1.54) is 18.9 Å². The maximum Gasteiger partial charge on any atom is 0.234 e. The van der Waals surface area contributed by atoms with E-state index in [1.54, 1.807) is 36.5 Å². The lowest BCUT2D eigenvalue weighted by Gasteiger charge is -2.08. The smallest absolute Gasteiger partial charge is 0.234 e. The second kappa shape index (κ2) is 7.54. The Morgan fingerprint density at radius 1 is 1.33 bits per heavy atom. The van der Waals surface area contributed by atoms with E-state index in [1.807, 2.05) is 0 Å². The maximum absolute atomic E-state index is 11.9. The first-order chi connectivity index (χ1) is 10.1. The molecule has 0 aliphatic heterocycles. The first-order valence-electron chi connectivity index (χ1n) is 5.97. The van der Waals surface area contributed by atoms with E-state index >= 15 is 0 Å². The van der Waals surface area contributed by atoms with Crippen LogP contribution in [0.25, 0.3) is 0 Å². The summed E-state index contributed by atoms with van der Waals surface area (Å²) < 4.78 is 5.05. The molecule has 2 aromatic rings. The van der Waals surface area contributed by atoms with Gasteiger partial charge < -0.3 is 10.1 Å². The van der Waals surface area contributed by atoms with Crippen molar-refractivity contribution < 1.29 is 9.53 Å². The Balaban J connectivity index is 1.93. The molecule has 0 aliphatic carbocycles. The zero-order valence-electron chi connectivity index (χ0n) is 11.1. The van der Waals surface area contributed by atoms with Crippen molar-refractivity contribution in [3.63, 3.8) is 0 Å². The van der Waals surface area contributed by atoms with Gasteiger partial charge in [-0.15, -0.1) is 0 Å². The van der Waals surface area contributed by atoms with Crippen LogP contribution in [0.4, 0.5) is 5.69 Å². The summed E-state index contributed by atoms with van der Waals surface area (Å²) in [6.07, 6.45) is 1.63. The first kappa shape index (κ1) is 15.9. The summed E-state index contributed by atoms with van der Waals surface area (Å²) in [6, 6.07) is 8.53. The molecule has 1 heterocycles. The van der Waals surface area contributed by atoms with Crippen LogP contribution in [-0.4, -0.2) is 23.8 Å². The molecule has 7 heteroatoms. The van der Waals surface area contributed by atoms with E-state index in [9.17, 15) is 4.79 Å². The molecule has 0 unspecified atom stereocenters. The minimum Gasteiger partial charge on any atom is -0.495 e. The zero-order chi connectivity index (χ0) is 15.2. The molecule has 0 aliphatic rings. The van der Waals surface area contributed by atoms with Gasteiger partial charge in [-0.3, -0.25) is 4.79 Å². The Kier molecular flexibility index (Phi) is 5.73. The fourth-order valence-corrected chi connectivity index (χ4v) is 2.78. The predicted molar refractivity (Wildman–Crippen MR) is 86.6 cm³/mol. The normalized spacial score (nSPS) is 10.2. The monoisotopic (exact) mass is 342 g/mol. The van der Waals surface area contributed by atoms with Crippen molar-refractivity contribution in [1.29, 1.82) is 0 Å². The van der Waals surface area contributed by atoms with Gasteiger partial charge in [0, 0.05) is 11.9 Å². The quantitative estimate of drug-likeness (QED) is 0.830. The minimum absolute atomic E-state index is 0.164. The molecule has 21 heavy (non-hydrogen) atoms. The SMILES string of the molecule is COc1ccc(NC(=O)CSc2ncccc2Cl)cc1Cl. The van der Waals surface area contributed by atoms with Crippen molar-refractivity contribution in [2.24, 2.45) is 0 Å². The number of halogens is 2. The van der Waals surface area contributed by atoms with Crippen molar-refractivity contribution in [2.45, 2.75) is 5.03 Å². The lowest BCUT2D eigenvalue weighted by atomic mass is 10.3. The number of pyridine rings is 1. The van der Waals surface area contributed by atoms with Crippen molar-refractivity contribution in [2.75, 3.05) is 18.2 Å². The second-order valence-electron chi connectivity index (χ2n) is 3.98. The van der Waals surface area contributed by atoms with Gasteiger partial charge in [-0.1, -0.05) is 35.0 Å². The molecule has 2 rings (SSSR count). The van der Waals surface area contributed by atoms with Crippen LogP contribution in [-0.2, 0) is 4.79 Å². The van der Waals surface area contributed by atoms with Crippen LogP contribution in [0.5, 0.6) is 5.75 Å². The van der Waals surface area contributed by atoms with Crippen LogP contribution in [0, 0.1) is 0 Å². The molecule has 1 aromatic heterocycles. The summed E-state index contributed by atoms with van der Waals surface area (Å²) in [7, 11) is 1.53. The maximum atomic E-state index is 11.9. The highest BCUT2D eigenvalue weighted by Crippen LogP contribution is 2.28. The number of nitrogens with zero attached hydrogens (tertiary/aromatic N) is 1. The number of amides is 1.